The number of halogens is 1. The molecule has 0 radical (unpaired) electrons. The molecule has 0 aliphatic heterocycles. The molecule has 2 aromatic carbocycles. The highest BCUT2D eigenvalue weighted by molar-refractivity contribution is 5.98. The average molecular weight is 284 g/mol. The van der Waals surface area contributed by atoms with Gasteiger partial charge in [-0.1, -0.05) is 36.9 Å². The summed E-state index contributed by atoms with van der Waals surface area (Å²) in [4.78, 5) is 0. The molecule has 0 unspecified atom stereocenters. The van der Waals surface area contributed by atoms with Gasteiger partial charge in [-0.25, -0.2) is 4.39 Å². The van der Waals surface area contributed by atoms with Crippen LogP contribution in [0.5, 0.6) is 5.75 Å². The van der Waals surface area contributed by atoms with Gasteiger partial charge >= 0.3 is 0 Å². The lowest BCUT2D eigenvalue weighted by atomic mass is 9.99. The van der Waals surface area contributed by atoms with Crippen molar-refractivity contribution in [2.45, 2.75) is 12.8 Å². The first-order valence-electron chi connectivity index (χ1n) is 6.58. The van der Waals surface area contributed by atoms with E-state index < -0.39 is 5.82 Å². The third kappa shape index (κ3) is 3.48. The summed E-state index contributed by atoms with van der Waals surface area (Å²) in [5, 5.41) is 17.7. The number of allylic oxidation sites excluding steroid dienone is 1. The molecule has 0 aliphatic carbocycles. The van der Waals surface area contributed by atoms with Gasteiger partial charge in [0, 0.05) is 22.5 Å². The molecular weight excluding hydrogens is 267 g/mol. The molecule has 0 amide bonds. The number of hydrogen-bond acceptors (Lipinski definition) is 3. The van der Waals surface area contributed by atoms with E-state index >= 15 is 0 Å². The maximum atomic E-state index is 14.2. The summed E-state index contributed by atoms with van der Waals surface area (Å²) in [6, 6.07) is 11.1. The molecule has 0 aromatic heterocycles. The van der Waals surface area contributed by atoms with E-state index in [0.29, 0.717) is 40.9 Å². The SMILES string of the molecule is C=C(N)CCC(=N)c1ccc(-c2ccccc2O)c(F)c1. The lowest BCUT2D eigenvalue weighted by Gasteiger charge is -2.09. The van der Waals surface area contributed by atoms with Crippen LogP contribution in [0.1, 0.15) is 18.4 Å². The number of nitrogens with two attached hydrogens (primary N) is 1. The normalized spacial score (nSPS) is 10.3. The van der Waals surface area contributed by atoms with E-state index in [-0.39, 0.29) is 5.75 Å². The maximum Gasteiger partial charge on any atom is 0.131 e. The van der Waals surface area contributed by atoms with Crippen molar-refractivity contribution in [3.05, 3.63) is 66.1 Å². The van der Waals surface area contributed by atoms with Gasteiger partial charge in [0.2, 0.25) is 0 Å². The molecule has 108 valence electrons. The largest absolute Gasteiger partial charge is 0.507 e. The molecule has 4 heteroatoms. The van der Waals surface area contributed by atoms with Gasteiger partial charge in [0.15, 0.2) is 0 Å². The Bertz CT molecular complexity index is 695. The quantitative estimate of drug-likeness (QED) is 0.730. The van der Waals surface area contributed by atoms with Gasteiger partial charge in [0.1, 0.15) is 11.6 Å². The van der Waals surface area contributed by atoms with Crippen molar-refractivity contribution in [1.82, 2.24) is 0 Å². The first-order chi connectivity index (χ1) is 9.99. The van der Waals surface area contributed by atoms with E-state index in [4.69, 9.17) is 11.1 Å². The van der Waals surface area contributed by atoms with E-state index in [9.17, 15) is 9.50 Å². The Labute approximate surface area is 123 Å². The minimum atomic E-state index is -0.467. The second-order valence-electron chi connectivity index (χ2n) is 4.85. The monoisotopic (exact) mass is 284 g/mol. The van der Waals surface area contributed by atoms with Crippen LogP contribution in [0.25, 0.3) is 11.1 Å². The number of rotatable bonds is 5. The molecule has 0 fully saturated rings. The van der Waals surface area contributed by atoms with Crippen LogP contribution in [0.15, 0.2) is 54.7 Å². The van der Waals surface area contributed by atoms with E-state index in [2.05, 4.69) is 6.58 Å². The molecule has 0 atom stereocenters. The Morgan fingerprint density at radius 1 is 1.14 bits per heavy atom. The summed E-state index contributed by atoms with van der Waals surface area (Å²) in [5.74, 6) is -0.441. The van der Waals surface area contributed by atoms with Gasteiger partial charge in [0.05, 0.1) is 0 Å². The fourth-order valence-electron chi connectivity index (χ4n) is 2.05. The Hall–Kier alpha value is -2.62. The van der Waals surface area contributed by atoms with Gasteiger partial charge in [-0.3, -0.25) is 0 Å². The van der Waals surface area contributed by atoms with Gasteiger partial charge in [-0.2, -0.15) is 0 Å². The summed E-state index contributed by atoms with van der Waals surface area (Å²) >= 11 is 0. The van der Waals surface area contributed by atoms with Gasteiger partial charge in [-0.15, -0.1) is 0 Å². The maximum absolute atomic E-state index is 14.2. The van der Waals surface area contributed by atoms with Crippen LogP contribution in [-0.2, 0) is 0 Å². The number of aromatic hydroxyl groups is 1. The molecule has 2 rings (SSSR count). The number of phenolic OH excluding ortho intramolecular Hbond substituents is 1. The molecular formula is C17H17FN2O. The van der Waals surface area contributed by atoms with Crippen molar-refractivity contribution in [1.29, 1.82) is 5.41 Å². The van der Waals surface area contributed by atoms with Crippen LogP contribution in [0.4, 0.5) is 4.39 Å². The van der Waals surface area contributed by atoms with Crippen LogP contribution in [0.3, 0.4) is 0 Å². The number of phenols is 1. The van der Waals surface area contributed by atoms with Crippen molar-refractivity contribution in [2.75, 3.05) is 0 Å². The summed E-state index contributed by atoms with van der Waals surface area (Å²) < 4.78 is 14.2. The van der Waals surface area contributed by atoms with Crippen LogP contribution < -0.4 is 5.73 Å². The molecule has 4 N–H and O–H groups in total. The smallest absolute Gasteiger partial charge is 0.131 e. The second kappa shape index (κ2) is 6.22. The zero-order valence-corrected chi connectivity index (χ0v) is 11.6. The fraction of sp³-hybridized carbons (Fsp3) is 0.118. The molecule has 0 aliphatic rings. The summed E-state index contributed by atoms with van der Waals surface area (Å²) in [7, 11) is 0. The van der Waals surface area contributed by atoms with Crippen LogP contribution in [0, 0.1) is 11.2 Å². The van der Waals surface area contributed by atoms with Crippen LogP contribution in [-0.4, -0.2) is 10.8 Å². The highest BCUT2D eigenvalue weighted by Gasteiger charge is 2.11. The second-order valence-corrected chi connectivity index (χ2v) is 4.85. The highest BCUT2D eigenvalue weighted by atomic mass is 19.1. The zero-order valence-electron chi connectivity index (χ0n) is 11.6. The first-order valence-corrected chi connectivity index (χ1v) is 6.58. The Balaban J connectivity index is 2.28. The molecule has 0 spiro atoms. The number of hydrogen-bond donors (Lipinski definition) is 3. The first kappa shape index (κ1) is 14.8. The molecule has 21 heavy (non-hydrogen) atoms. The third-order valence-corrected chi connectivity index (χ3v) is 3.21. The van der Waals surface area contributed by atoms with Gasteiger partial charge < -0.3 is 16.2 Å². The minimum Gasteiger partial charge on any atom is -0.507 e. The summed E-state index contributed by atoms with van der Waals surface area (Å²) in [6.45, 7) is 3.58. The molecule has 0 bridgehead atoms. The minimum absolute atomic E-state index is 0.0265. The Morgan fingerprint density at radius 3 is 2.48 bits per heavy atom. The van der Waals surface area contributed by atoms with Crippen molar-refractivity contribution in [2.24, 2.45) is 5.73 Å². The van der Waals surface area contributed by atoms with Gasteiger partial charge in [-0.05, 0) is 30.5 Å². The molecule has 0 saturated carbocycles. The predicted octanol–water partition coefficient (Wildman–Crippen LogP) is 3.82. The van der Waals surface area contributed by atoms with Crippen molar-refractivity contribution < 1.29 is 9.50 Å². The molecule has 0 saturated heterocycles. The zero-order chi connectivity index (χ0) is 15.4. The van der Waals surface area contributed by atoms with E-state index in [1.54, 1.807) is 30.3 Å². The summed E-state index contributed by atoms with van der Waals surface area (Å²) in [5.41, 5.74) is 7.54. The topological polar surface area (TPSA) is 70.1 Å². The van der Waals surface area contributed by atoms with Crippen LogP contribution in [0.2, 0.25) is 0 Å². The lowest BCUT2D eigenvalue weighted by molar-refractivity contribution is 0.476. The van der Waals surface area contributed by atoms with Crippen molar-refractivity contribution >= 4 is 5.71 Å². The van der Waals surface area contributed by atoms with E-state index in [0.717, 1.165) is 0 Å². The molecule has 0 heterocycles. The molecule has 3 nitrogen and oxygen atoms in total. The van der Waals surface area contributed by atoms with Crippen molar-refractivity contribution in [3.8, 4) is 16.9 Å². The molecule has 2 aromatic rings. The lowest BCUT2D eigenvalue weighted by Crippen LogP contribution is -2.03. The number of para-hydroxylation sites is 1. The predicted molar refractivity (Wildman–Crippen MR) is 82.9 cm³/mol. The third-order valence-electron chi connectivity index (χ3n) is 3.21. The van der Waals surface area contributed by atoms with E-state index in [1.165, 1.54) is 12.1 Å². The Kier molecular flexibility index (Phi) is 4.38. The van der Waals surface area contributed by atoms with Gasteiger partial charge in [0.25, 0.3) is 0 Å². The van der Waals surface area contributed by atoms with Crippen LogP contribution >= 0.6 is 0 Å². The van der Waals surface area contributed by atoms with Crippen molar-refractivity contribution in [3.63, 3.8) is 0 Å². The average Bonchev–Trinajstić information content (AvgIpc) is 2.45. The standard InChI is InChI=1S/C17H17FN2O/c1-11(19)6-9-16(20)12-7-8-13(15(18)10-12)14-4-2-3-5-17(14)21/h2-5,7-8,10,20-21H,1,6,9,19H2. The summed E-state index contributed by atoms with van der Waals surface area (Å²) in [6.07, 6.45) is 0.923. The number of benzene rings is 2. The Morgan fingerprint density at radius 2 is 1.86 bits per heavy atom. The number of nitrogens with one attached hydrogen (secondary N) is 1. The van der Waals surface area contributed by atoms with E-state index in [1.807, 2.05) is 0 Å². The highest BCUT2D eigenvalue weighted by Crippen LogP contribution is 2.31. The fourth-order valence-corrected chi connectivity index (χ4v) is 2.05.